The largest absolute Gasteiger partial charge is 0.338 e. The zero-order chi connectivity index (χ0) is 13.0. The molecular formula is C14H17N3O. The maximum Gasteiger partial charge on any atom is 0.211 e. The average Bonchev–Trinajstić information content (AvgIpc) is 2.76. The van der Waals surface area contributed by atoms with Gasteiger partial charge in [-0.25, -0.2) is 4.98 Å². The Balaban J connectivity index is 2.13. The Kier molecular flexibility index (Phi) is 3.77. The van der Waals surface area contributed by atoms with E-state index < -0.39 is 0 Å². The van der Waals surface area contributed by atoms with Gasteiger partial charge < -0.3 is 9.88 Å². The van der Waals surface area contributed by atoms with Crippen molar-refractivity contribution in [1.82, 2.24) is 9.55 Å². The summed E-state index contributed by atoms with van der Waals surface area (Å²) in [7, 11) is 2.00. The fraction of sp³-hybridized carbons (Fsp3) is 0.286. The molecule has 1 atom stereocenters. The average molecular weight is 243 g/mol. The van der Waals surface area contributed by atoms with Gasteiger partial charge in [-0.1, -0.05) is 19.1 Å². The van der Waals surface area contributed by atoms with Crippen molar-refractivity contribution in [1.29, 1.82) is 0 Å². The van der Waals surface area contributed by atoms with Crippen LogP contribution in [0, 0.1) is 0 Å². The summed E-state index contributed by atoms with van der Waals surface area (Å²) in [6, 6.07) is 7.91. The molecule has 0 aliphatic carbocycles. The molecule has 1 amide bonds. The smallest absolute Gasteiger partial charge is 0.211 e. The quantitative estimate of drug-likeness (QED) is 0.819. The van der Waals surface area contributed by atoms with Crippen LogP contribution in [0.4, 0.5) is 5.69 Å². The zero-order valence-corrected chi connectivity index (χ0v) is 10.6. The highest BCUT2D eigenvalue weighted by atomic mass is 16.1. The van der Waals surface area contributed by atoms with E-state index in [2.05, 4.69) is 23.3 Å². The molecule has 0 radical (unpaired) electrons. The van der Waals surface area contributed by atoms with Crippen LogP contribution in [-0.2, 0) is 18.3 Å². The van der Waals surface area contributed by atoms with E-state index in [1.165, 1.54) is 5.56 Å². The number of carbonyl (C=O) groups excluding carboxylic acids is 1. The Bertz CT molecular complexity index is 533. The molecule has 0 fully saturated rings. The standard InChI is InChI=1S/C14H17N3O/c1-11(8-14-15-6-7-17(14)2)12-4-3-5-13(9-12)16-10-18/h3-7,9-11H,8H2,1-2H3,(H,16,18). The van der Waals surface area contributed by atoms with Crippen LogP contribution in [0.3, 0.4) is 0 Å². The fourth-order valence-electron chi connectivity index (χ4n) is 1.99. The Hall–Kier alpha value is -2.10. The molecule has 0 saturated carbocycles. The Morgan fingerprint density at radius 2 is 2.33 bits per heavy atom. The molecule has 1 N–H and O–H groups in total. The maximum absolute atomic E-state index is 10.4. The molecule has 0 spiro atoms. The molecule has 0 saturated heterocycles. The molecular weight excluding hydrogens is 226 g/mol. The minimum atomic E-state index is 0.361. The SMILES string of the molecule is CC(Cc1nccn1C)c1cccc(NC=O)c1. The van der Waals surface area contributed by atoms with Crippen molar-refractivity contribution < 1.29 is 4.79 Å². The van der Waals surface area contributed by atoms with Gasteiger partial charge in [0, 0.05) is 31.5 Å². The van der Waals surface area contributed by atoms with E-state index in [1.807, 2.05) is 42.2 Å². The summed E-state index contributed by atoms with van der Waals surface area (Å²) in [4.78, 5) is 14.8. The van der Waals surface area contributed by atoms with Gasteiger partial charge in [0.05, 0.1) is 0 Å². The molecule has 1 heterocycles. The monoisotopic (exact) mass is 243 g/mol. The molecule has 4 nitrogen and oxygen atoms in total. The van der Waals surface area contributed by atoms with Crippen LogP contribution in [0.25, 0.3) is 0 Å². The van der Waals surface area contributed by atoms with Gasteiger partial charge in [0.25, 0.3) is 0 Å². The summed E-state index contributed by atoms with van der Waals surface area (Å²) in [5.41, 5.74) is 2.03. The van der Waals surface area contributed by atoms with E-state index in [4.69, 9.17) is 0 Å². The highest BCUT2D eigenvalue weighted by Crippen LogP contribution is 2.22. The van der Waals surface area contributed by atoms with Crippen molar-refractivity contribution in [3.63, 3.8) is 0 Å². The first-order valence-corrected chi connectivity index (χ1v) is 5.97. The minimum Gasteiger partial charge on any atom is -0.338 e. The van der Waals surface area contributed by atoms with Gasteiger partial charge in [-0.05, 0) is 23.6 Å². The molecule has 94 valence electrons. The fourth-order valence-corrected chi connectivity index (χ4v) is 1.99. The van der Waals surface area contributed by atoms with E-state index in [-0.39, 0.29) is 0 Å². The van der Waals surface area contributed by atoms with Crippen LogP contribution in [-0.4, -0.2) is 16.0 Å². The lowest BCUT2D eigenvalue weighted by molar-refractivity contribution is -0.105. The number of benzene rings is 1. The number of imidazole rings is 1. The van der Waals surface area contributed by atoms with Crippen molar-refractivity contribution in [2.45, 2.75) is 19.3 Å². The lowest BCUT2D eigenvalue weighted by Crippen LogP contribution is -2.05. The normalized spacial score (nSPS) is 12.1. The van der Waals surface area contributed by atoms with Gasteiger partial charge in [0.15, 0.2) is 0 Å². The third-order valence-corrected chi connectivity index (χ3v) is 3.09. The molecule has 1 unspecified atom stereocenters. The van der Waals surface area contributed by atoms with Crippen LogP contribution in [0.2, 0.25) is 0 Å². The van der Waals surface area contributed by atoms with Crippen LogP contribution in [0.15, 0.2) is 36.7 Å². The number of aromatic nitrogens is 2. The summed E-state index contributed by atoms with van der Waals surface area (Å²) in [5.74, 6) is 1.43. The molecule has 1 aromatic carbocycles. The van der Waals surface area contributed by atoms with Crippen molar-refractivity contribution in [2.24, 2.45) is 7.05 Å². The molecule has 2 rings (SSSR count). The maximum atomic E-state index is 10.4. The summed E-state index contributed by atoms with van der Waals surface area (Å²) >= 11 is 0. The number of hydrogen-bond donors (Lipinski definition) is 1. The molecule has 0 aliphatic rings. The van der Waals surface area contributed by atoms with Crippen molar-refractivity contribution in [2.75, 3.05) is 5.32 Å². The minimum absolute atomic E-state index is 0.361. The highest BCUT2D eigenvalue weighted by molar-refractivity contribution is 5.71. The van der Waals surface area contributed by atoms with Gasteiger partial charge in [0.1, 0.15) is 5.82 Å². The second-order valence-corrected chi connectivity index (χ2v) is 4.45. The first-order valence-electron chi connectivity index (χ1n) is 5.97. The number of amides is 1. The van der Waals surface area contributed by atoms with E-state index in [1.54, 1.807) is 0 Å². The number of nitrogens with zero attached hydrogens (tertiary/aromatic N) is 2. The summed E-state index contributed by atoms with van der Waals surface area (Å²) in [5, 5.41) is 2.67. The van der Waals surface area contributed by atoms with E-state index in [9.17, 15) is 4.79 Å². The van der Waals surface area contributed by atoms with Gasteiger partial charge in [-0.3, -0.25) is 4.79 Å². The van der Waals surface area contributed by atoms with Crippen molar-refractivity contribution in [3.05, 3.63) is 48.0 Å². The topological polar surface area (TPSA) is 46.9 Å². The first-order chi connectivity index (χ1) is 8.70. The predicted octanol–water partition coefficient (Wildman–Crippen LogP) is 2.33. The summed E-state index contributed by atoms with van der Waals surface area (Å²) in [6.07, 6.45) is 5.34. The number of hydrogen-bond acceptors (Lipinski definition) is 2. The first kappa shape index (κ1) is 12.4. The van der Waals surface area contributed by atoms with Gasteiger partial charge in [-0.2, -0.15) is 0 Å². The van der Waals surface area contributed by atoms with Gasteiger partial charge in [0.2, 0.25) is 6.41 Å². The molecule has 4 heteroatoms. The molecule has 0 bridgehead atoms. The second kappa shape index (κ2) is 5.49. The molecule has 2 aromatic rings. The van der Waals surface area contributed by atoms with Gasteiger partial charge in [-0.15, -0.1) is 0 Å². The molecule has 0 aliphatic heterocycles. The van der Waals surface area contributed by atoms with Crippen LogP contribution >= 0.6 is 0 Å². The van der Waals surface area contributed by atoms with Crippen LogP contribution in [0.5, 0.6) is 0 Å². The second-order valence-electron chi connectivity index (χ2n) is 4.45. The summed E-state index contributed by atoms with van der Waals surface area (Å²) in [6.45, 7) is 2.16. The third kappa shape index (κ3) is 2.77. The number of anilines is 1. The lowest BCUT2D eigenvalue weighted by atomic mass is 9.97. The van der Waals surface area contributed by atoms with E-state index in [0.29, 0.717) is 12.3 Å². The number of aryl methyl sites for hydroxylation is 1. The Morgan fingerprint density at radius 1 is 1.50 bits per heavy atom. The Morgan fingerprint density at radius 3 is 3.00 bits per heavy atom. The summed E-state index contributed by atoms with van der Waals surface area (Å²) < 4.78 is 2.03. The lowest BCUT2D eigenvalue weighted by Gasteiger charge is -2.12. The number of rotatable bonds is 5. The predicted molar refractivity (Wildman–Crippen MR) is 71.5 cm³/mol. The van der Waals surface area contributed by atoms with Crippen molar-refractivity contribution >= 4 is 12.1 Å². The molecule has 18 heavy (non-hydrogen) atoms. The van der Waals surface area contributed by atoms with Crippen LogP contribution in [0.1, 0.15) is 24.2 Å². The third-order valence-electron chi connectivity index (χ3n) is 3.09. The van der Waals surface area contributed by atoms with E-state index in [0.717, 1.165) is 17.9 Å². The van der Waals surface area contributed by atoms with E-state index >= 15 is 0 Å². The number of carbonyl (C=O) groups is 1. The zero-order valence-electron chi connectivity index (χ0n) is 10.6. The van der Waals surface area contributed by atoms with Crippen molar-refractivity contribution in [3.8, 4) is 0 Å². The molecule has 1 aromatic heterocycles. The Labute approximate surface area is 107 Å². The highest BCUT2D eigenvalue weighted by Gasteiger charge is 2.10. The van der Waals surface area contributed by atoms with Crippen LogP contribution < -0.4 is 5.32 Å². The van der Waals surface area contributed by atoms with Gasteiger partial charge >= 0.3 is 0 Å². The number of nitrogens with one attached hydrogen (secondary N) is 1.